The predicted molar refractivity (Wildman–Crippen MR) is 80.5 cm³/mol. The number of fused-ring (bicyclic) bond motifs is 1. The van der Waals surface area contributed by atoms with E-state index in [2.05, 4.69) is 0 Å². The molecule has 0 saturated heterocycles. The zero-order chi connectivity index (χ0) is 16.1. The Labute approximate surface area is 137 Å². The summed E-state index contributed by atoms with van der Waals surface area (Å²) in [4.78, 5) is 23.4. The Kier molecular flexibility index (Phi) is 3.83. The molecular weight excluding hydrogens is 329 g/mol. The molecule has 118 valence electrons. The number of carboxylic acid groups (broad SMARTS) is 1. The molecule has 2 fully saturated rings. The van der Waals surface area contributed by atoms with Crippen LogP contribution in [0.15, 0.2) is 18.2 Å². The Bertz CT molecular complexity index is 630. The Morgan fingerprint density at radius 1 is 1.32 bits per heavy atom. The second kappa shape index (κ2) is 5.41. The predicted octanol–water partition coefficient (Wildman–Crippen LogP) is 2.47. The van der Waals surface area contributed by atoms with E-state index in [9.17, 15) is 9.59 Å². The van der Waals surface area contributed by atoms with E-state index in [0.29, 0.717) is 28.5 Å². The van der Waals surface area contributed by atoms with Crippen LogP contribution in [0.1, 0.15) is 18.4 Å². The summed E-state index contributed by atoms with van der Waals surface area (Å²) >= 11 is 11.8. The molecule has 1 aromatic rings. The smallest absolute Gasteiger partial charge is 0.326 e. The molecule has 7 heteroatoms. The molecule has 1 aromatic carbocycles. The quantitative estimate of drug-likeness (QED) is 0.819. The standard InChI is InChI=1S/C15H15Cl2NO4/c16-8-3-7(4-9(17)5-8)6-22-14(21)15(18)2-1-10-11(12(10)15)13(19)20/h3-5,10-12H,1-2,6,18H2,(H,19,20). The molecule has 5 nitrogen and oxygen atoms in total. The van der Waals surface area contributed by atoms with Gasteiger partial charge in [-0.2, -0.15) is 0 Å². The summed E-state index contributed by atoms with van der Waals surface area (Å²) in [5, 5.41) is 10.0. The highest BCUT2D eigenvalue weighted by molar-refractivity contribution is 6.34. The van der Waals surface area contributed by atoms with E-state index >= 15 is 0 Å². The molecule has 22 heavy (non-hydrogen) atoms. The van der Waals surface area contributed by atoms with Crippen molar-refractivity contribution in [3.8, 4) is 0 Å². The van der Waals surface area contributed by atoms with Crippen LogP contribution in [0.25, 0.3) is 0 Å². The van der Waals surface area contributed by atoms with Gasteiger partial charge in [-0.05, 0) is 42.5 Å². The molecule has 4 unspecified atom stereocenters. The van der Waals surface area contributed by atoms with Crippen molar-refractivity contribution >= 4 is 35.1 Å². The second-order valence-corrected chi connectivity index (χ2v) is 6.86. The SMILES string of the molecule is NC1(C(=O)OCc2cc(Cl)cc(Cl)c2)CCC2C(C(=O)O)C21. The van der Waals surface area contributed by atoms with Crippen molar-refractivity contribution in [1.29, 1.82) is 0 Å². The summed E-state index contributed by atoms with van der Waals surface area (Å²) in [6, 6.07) is 4.89. The Hall–Kier alpha value is -1.30. The molecule has 4 atom stereocenters. The first-order valence-electron chi connectivity index (χ1n) is 6.97. The van der Waals surface area contributed by atoms with Gasteiger partial charge in [0.2, 0.25) is 0 Å². The monoisotopic (exact) mass is 343 g/mol. The summed E-state index contributed by atoms with van der Waals surface area (Å²) < 4.78 is 5.28. The van der Waals surface area contributed by atoms with E-state index in [4.69, 9.17) is 38.8 Å². The molecule has 3 N–H and O–H groups in total. The highest BCUT2D eigenvalue weighted by Gasteiger charge is 2.70. The van der Waals surface area contributed by atoms with Crippen molar-refractivity contribution in [2.24, 2.45) is 23.5 Å². The third-order valence-electron chi connectivity index (χ3n) is 4.61. The molecular formula is C15H15Cl2NO4. The van der Waals surface area contributed by atoms with Crippen LogP contribution in [0.3, 0.4) is 0 Å². The molecule has 0 spiro atoms. The Balaban J connectivity index is 1.66. The molecule has 0 radical (unpaired) electrons. The first kappa shape index (κ1) is 15.6. The summed E-state index contributed by atoms with van der Waals surface area (Å²) in [7, 11) is 0. The maximum absolute atomic E-state index is 12.3. The molecule has 2 saturated carbocycles. The van der Waals surface area contributed by atoms with E-state index in [1.807, 2.05) is 0 Å². The third kappa shape index (κ3) is 2.57. The fourth-order valence-electron chi connectivity index (χ4n) is 3.56. The summed E-state index contributed by atoms with van der Waals surface area (Å²) in [5.74, 6) is -2.29. The molecule has 0 heterocycles. The fourth-order valence-corrected chi connectivity index (χ4v) is 4.13. The van der Waals surface area contributed by atoms with Gasteiger partial charge in [0.05, 0.1) is 5.92 Å². The number of halogens is 2. The minimum atomic E-state index is -1.20. The van der Waals surface area contributed by atoms with Crippen LogP contribution in [0.4, 0.5) is 0 Å². The van der Waals surface area contributed by atoms with Crippen molar-refractivity contribution in [2.75, 3.05) is 0 Å². The Morgan fingerprint density at radius 2 is 1.95 bits per heavy atom. The second-order valence-electron chi connectivity index (χ2n) is 5.99. The zero-order valence-electron chi connectivity index (χ0n) is 11.6. The number of carboxylic acids is 1. The normalized spacial score (nSPS) is 32.4. The molecule has 0 bridgehead atoms. The van der Waals surface area contributed by atoms with Crippen LogP contribution < -0.4 is 5.73 Å². The van der Waals surface area contributed by atoms with Crippen LogP contribution in [-0.4, -0.2) is 22.6 Å². The van der Waals surface area contributed by atoms with Crippen LogP contribution in [-0.2, 0) is 20.9 Å². The average Bonchev–Trinajstić information content (AvgIpc) is 3.08. The lowest BCUT2D eigenvalue weighted by Gasteiger charge is -2.24. The fraction of sp³-hybridized carbons (Fsp3) is 0.467. The van der Waals surface area contributed by atoms with Crippen molar-refractivity contribution in [1.82, 2.24) is 0 Å². The topological polar surface area (TPSA) is 89.6 Å². The van der Waals surface area contributed by atoms with Gasteiger partial charge in [0, 0.05) is 16.0 Å². The summed E-state index contributed by atoms with van der Waals surface area (Å²) in [6.07, 6.45) is 1.11. The van der Waals surface area contributed by atoms with Gasteiger partial charge in [-0.15, -0.1) is 0 Å². The van der Waals surface area contributed by atoms with E-state index in [0.717, 1.165) is 0 Å². The molecule has 0 aliphatic heterocycles. The van der Waals surface area contributed by atoms with Gasteiger partial charge in [0.25, 0.3) is 0 Å². The van der Waals surface area contributed by atoms with Crippen molar-refractivity contribution < 1.29 is 19.4 Å². The third-order valence-corrected chi connectivity index (χ3v) is 5.05. The van der Waals surface area contributed by atoms with Gasteiger partial charge in [-0.3, -0.25) is 9.59 Å². The molecule has 2 aliphatic carbocycles. The number of carbonyl (C=O) groups is 2. The maximum atomic E-state index is 12.3. The number of esters is 1. The number of carbonyl (C=O) groups excluding carboxylic acids is 1. The van der Waals surface area contributed by atoms with Crippen LogP contribution in [0, 0.1) is 17.8 Å². The minimum Gasteiger partial charge on any atom is -0.481 e. The van der Waals surface area contributed by atoms with E-state index in [1.165, 1.54) is 0 Å². The average molecular weight is 344 g/mol. The lowest BCUT2D eigenvalue weighted by molar-refractivity contribution is -0.152. The number of ether oxygens (including phenoxy) is 1. The van der Waals surface area contributed by atoms with Crippen molar-refractivity contribution in [3.63, 3.8) is 0 Å². The highest BCUT2D eigenvalue weighted by Crippen LogP contribution is 2.61. The number of nitrogens with two attached hydrogens (primary N) is 1. The molecule has 3 rings (SSSR count). The van der Waals surface area contributed by atoms with Crippen molar-refractivity contribution in [3.05, 3.63) is 33.8 Å². The van der Waals surface area contributed by atoms with Crippen molar-refractivity contribution in [2.45, 2.75) is 25.0 Å². The van der Waals surface area contributed by atoms with Gasteiger partial charge in [0.15, 0.2) is 0 Å². The van der Waals surface area contributed by atoms with Gasteiger partial charge in [-0.25, -0.2) is 0 Å². The molecule has 2 aliphatic rings. The number of hydrogen-bond donors (Lipinski definition) is 2. The number of rotatable bonds is 4. The van der Waals surface area contributed by atoms with Gasteiger partial charge < -0.3 is 15.6 Å². The lowest BCUT2D eigenvalue weighted by Crippen LogP contribution is -2.50. The summed E-state index contributed by atoms with van der Waals surface area (Å²) in [5.41, 5.74) is 5.61. The van der Waals surface area contributed by atoms with Crippen LogP contribution in [0.2, 0.25) is 10.0 Å². The zero-order valence-corrected chi connectivity index (χ0v) is 13.1. The minimum absolute atomic E-state index is 0.00401. The van der Waals surface area contributed by atoms with E-state index < -0.39 is 23.4 Å². The molecule has 0 amide bonds. The van der Waals surface area contributed by atoms with Gasteiger partial charge >= 0.3 is 11.9 Å². The summed E-state index contributed by atoms with van der Waals surface area (Å²) in [6.45, 7) is 0.00713. The van der Waals surface area contributed by atoms with Gasteiger partial charge in [0.1, 0.15) is 12.1 Å². The highest BCUT2D eigenvalue weighted by atomic mass is 35.5. The first-order valence-corrected chi connectivity index (χ1v) is 7.72. The maximum Gasteiger partial charge on any atom is 0.326 e. The number of aliphatic carboxylic acids is 1. The van der Waals surface area contributed by atoms with Crippen LogP contribution in [0.5, 0.6) is 0 Å². The number of hydrogen-bond acceptors (Lipinski definition) is 4. The first-order chi connectivity index (χ1) is 10.3. The van der Waals surface area contributed by atoms with Gasteiger partial charge in [-0.1, -0.05) is 23.2 Å². The molecule has 0 aromatic heterocycles. The van der Waals surface area contributed by atoms with Crippen LogP contribution >= 0.6 is 23.2 Å². The lowest BCUT2D eigenvalue weighted by atomic mass is 9.91. The Morgan fingerprint density at radius 3 is 2.50 bits per heavy atom. The van der Waals surface area contributed by atoms with E-state index in [-0.39, 0.29) is 18.4 Å². The van der Waals surface area contributed by atoms with E-state index in [1.54, 1.807) is 18.2 Å². The number of benzene rings is 1. The largest absolute Gasteiger partial charge is 0.481 e.